The van der Waals surface area contributed by atoms with Gasteiger partial charge in [0.05, 0.1) is 5.02 Å². The van der Waals surface area contributed by atoms with Crippen molar-refractivity contribution >= 4 is 29.3 Å². The van der Waals surface area contributed by atoms with Crippen molar-refractivity contribution in [2.24, 2.45) is 0 Å². The summed E-state index contributed by atoms with van der Waals surface area (Å²) in [6.45, 7) is 7.86. The minimum atomic E-state index is -0.514. The van der Waals surface area contributed by atoms with Crippen LogP contribution in [0.3, 0.4) is 0 Å². The Morgan fingerprint density at radius 3 is 2.58 bits per heavy atom. The van der Waals surface area contributed by atoms with E-state index in [9.17, 15) is 4.79 Å². The number of benzene rings is 1. The van der Waals surface area contributed by atoms with Gasteiger partial charge in [-0.2, -0.15) is 0 Å². The van der Waals surface area contributed by atoms with E-state index in [1.165, 1.54) is 6.20 Å². The molecule has 0 atom stereocenters. The smallest absolute Gasteiger partial charge is 0.407 e. The van der Waals surface area contributed by atoms with Crippen molar-refractivity contribution in [1.29, 1.82) is 0 Å². The maximum atomic E-state index is 11.7. The number of hydrogen-bond acceptors (Lipinski definition) is 3. The van der Waals surface area contributed by atoms with Crippen LogP contribution in [0.15, 0.2) is 30.5 Å². The lowest BCUT2D eigenvalue weighted by molar-refractivity contribution is 0.0523. The largest absolute Gasteiger partial charge is 0.444 e. The zero-order valence-electron chi connectivity index (χ0n) is 14.1. The van der Waals surface area contributed by atoms with Gasteiger partial charge in [0.25, 0.3) is 0 Å². The van der Waals surface area contributed by atoms with E-state index in [4.69, 9.17) is 27.9 Å². The second-order valence-electron chi connectivity index (χ2n) is 6.48. The number of carbonyl (C=O) groups excluding carboxylic acids is 1. The average Bonchev–Trinajstić information content (AvgIpc) is 2.46. The van der Waals surface area contributed by atoms with E-state index in [0.717, 1.165) is 22.3 Å². The molecule has 0 saturated carbocycles. The molecule has 1 N–H and O–H groups in total. The van der Waals surface area contributed by atoms with Gasteiger partial charge in [-0.3, -0.25) is 0 Å². The van der Waals surface area contributed by atoms with E-state index in [1.807, 2.05) is 45.9 Å². The van der Waals surface area contributed by atoms with Crippen LogP contribution in [-0.2, 0) is 11.3 Å². The molecular weight excluding hydrogens is 347 g/mol. The first kappa shape index (κ1) is 18.6. The lowest BCUT2D eigenvalue weighted by atomic mass is 10.0. The summed E-state index contributed by atoms with van der Waals surface area (Å²) >= 11 is 12.1. The van der Waals surface area contributed by atoms with Gasteiger partial charge in [0.15, 0.2) is 0 Å². The van der Waals surface area contributed by atoms with Crippen molar-refractivity contribution in [2.75, 3.05) is 0 Å². The highest BCUT2D eigenvalue weighted by molar-refractivity contribution is 6.34. The van der Waals surface area contributed by atoms with Gasteiger partial charge >= 0.3 is 6.09 Å². The molecular formula is C18H20Cl2N2O2. The van der Waals surface area contributed by atoms with Gasteiger partial charge in [0.2, 0.25) is 0 Å². The van der Waals surface area contributed by atoms with E-state index in [0.29, 0.717) is 16.7 Å². The van der Waals surface area contributed by atoms with E-state index in [2.05, 4.69) is 10.3 Å². The van der Waals surface area contributed by atoms with Crippen molar-refractivity contribution in [1.82, 2.24) is 10.3 Å². The van der Waals surface area contributed by atoms with Crippen LogP contribution in [0.5, 0.6) is 0 Å². The van der Waals surface area contributed by atoms with Crippen LogP contribution in [0, 0.1) is 6.92 Å². The molecule has 2 aromatic rings. The molecule has 4 nitrogen and oxygen atoms in total. The van der Waals surface area contributed by atoms with Crippen LogP contribution in [0.2, 0.25) is 10.2 Å². The van der Waals surface area contributed by atoms with Crippen LogP contribution < -0.4 is 5.32 Å². The number of nitrogens with one attached hydrogen (secondary N) is 1. The van der Waals surface area contributed by atoms with E-state index in [1.54, 1.807) is 6.07 Å². The van der Waals surface area contributed by atoms with Crippen molar-refractivity contribution in [3.63, 3.8) is 0 Å². The summed E-state index contributed by atoms with van der Waals surface area (Å²) < 4.78 is 5.23. The predicted octanol–water partition coefficient (Wildman–Crippen LogP) is 5.39. The van der Waals surface area contributed by atoms with Gasteiger partial charge in [-0.1, -0.05) is 41.4 Å². The van der Waals surface area contributed by atoms with E-state index < -0.39 is 11.7 Å². The Morgan fingerprint density at radius 1 is 1.25 bits per heavy atom. The molecule has 0 radical (unpaired) electrons. The predicted molar refractivity (Wildman–Crippen MR) is 97.5 cm³/mol. The number of halogens is 2. The van der Waals surface area contributed by atoms with Crippen LogP contribution in [0.4, 0.5) is 4.79 Å². The summed E-state index contributed by atoms with van der Waals surface area (Å²) in [4.78, 5) is 15.7. The number of carbonyl (C=O) groups is 1. The SMILES string of the molecule is Cc1cc(-c2cc(Cl)ncc2Cl)ccc1CNC(=O)OC(C)(C)C. The number of alkyl carbamates (subject to hydrolysis) is 1. The molecule has 0 aliphatic heterocycles. The molecule has 1 amide bonds. The minimum absolute atomic E-state index is 0.391. The molecule has 0 saturated heterocycles. The fraction of sp³-hybridized carbons (Fsp3) is 0.333. The van der Waals surface area contributed by atoms with Crippen LogP contribution in [0.1, 0.15) is 31.9 Å². The summed E-state index contributed by atoms with van der Waals surface area (Å²) in [5.74, 6) is 0. The maximum Gasteiger partial charge on any atom is 0.407 e. The molecule has 0 bridgehead atoms. The summed E-state index contributed by atoms with van der Waals surface area (Å²) in [5, 5.41) is 3.69. The summed E-state index contributed by atoms with van der Waals surface area (Å²) in [6.07, 6.45) is 1.10. The lowest BCUT2D eigenvalue weighted by Gasteiger charge is -2.20. The van der Waals surface area contributed by atoms with Gasteiger partial charge in [-0.15, -0.1) is 0 Å². The molecule has 6 heteroatoms. The van der Waals surface area contributed by atoms with E-state index >= 15 is 0 Å². The Kier molecular flexibility index (Phi) is 5.73. The van der Waals surface area contributed by atoms with Gasteiger partial charge in [-0.05, 0) is 50.5 Å². The third-order valence-electron chi connectivity index (χ3n) is 3.30. The van der Waals surface area contributed by atoms with Gasteiger partial charge in [0, 0.05) is 18.3 Å². The van der Waals surface area contributed by atoms with E-state index in [-0.39, 0.29) is 0 Å². The number of hydrogen-bond donors (Lipinski definition) is 1. The molecule has 0 aliphatic carbocycles. The van der Waals surface area contributed by atoms with Crippen molar-refractivity contribution in [3.05, 3.63) is 51.8 Å². The summed E-state index contributed by atoms with van der Waals surface area (Å²) in [5.41, 5.74) is 3.29. The minimum Gasteiger partial charge on any atom is -0.444 e. The quantitative estimate of drug-likeness (QED) is 0.740. The van der Waals surface area contributed by atoms with Crippen LogP contribution >= 0.6 is 23.2 Å². The maximum absolute atomic E-state index is 11.7. The molecule has 0 unspecified atom stereocenters. The zero-order chi connectivity index (χ0) is 17.9. The second-order valence-corrected chi connectivity index (χ2v) is 7.28. The fourth-order valence-electron chi connectivity index (χ4n) is 2.18. The number of ether oxygens (including phenoxy) is 1. The number of rotatable bonds is 3. The number of pyridine rings is 1. The fourth-order valence-corrected chi connectivity index (χ4v) is 2.55. The second kappa shape index (κ2) is 7.41. The van der Waals surface area contributed by atoms with Gasteiger partial charge in [-0.25, -0.2) is 9.78 Å². The van der Waals surface area contributed by atoms with Crippen molar-refractivity contribution in [3.8, 4) is 11.1 Å². The molecule has 1 heterocycles. The summed E-state index contributed by atoms with van der Waals surface area (Å²) in [6, 6.07) is 7.63. The normalized spacial score (nSPS) is 11.2. The third kappa shape index (κ3) is 5.11. The summed E-state index contributed by atoms with van der Waals surface area (Å²) in [7, 11) is 0. The molecule has 1 aromatic heterocycles. The average molecular weight is 367 g/mol. The molecule has 0 aliphatic rings. The molecule has 0 fully saturated rings. The Bertz CT molecular complexity index is 755. The van der Waals surface area contributed by atoms with Crippen molar-refractivity contribution in [2.45, 2.75) is 39.8 Å². The number of nitrogens with zero attached hydrogens (tertiary/aromatic N) is 1. The molecule has 2 rings (SSSR count). The lowest BCUT2D eigenvalue weighted by Crippen LogP contribution is -2.32. The van der Waals surface area contributed by atoms with Gasteiger partial charge in [0.1, 0.15) is 10.8 Å². The molecule has 1 aromatic carbocycles. The van der Waals surface area contributed by atoms with Crippen LogP contribution in [0.25, 0.3) is 11.1 Å². The van der Waals surface area contributed by atoms with Crippen molar-refractivity contribution < 1.29 is 9.53 Å². The Morgan fingerprint density at radius 2 is 1.96 bits per heavy atom. The molecule has 24 heavy (non-hydrogen) atoms. The molecule has 0 spiro atoms. The first-order valence-corrected chi connectivity index (χ1v) is 8.29. The monoisotopic (exact) mass is 366 g/mol. The number of aryl methyl sites for hydroxylation is 1. The first-order chi connectivity index (χ1) is 11.2. The highest BCUT2D eigenvalue weighted by Crippen LogP contribution is 2.30. The number of amides is 1. The highest BCUT2D eigenvalue weighted by Gasteiger charge is 2.16. The Hall–Kier alpha value is -1.78. The van der Waals surface area contributed by atoms with Crippen LogP contribution in [-0.4, -0.2) is 16.7 Å². The Balaban J connectivity index is 2.13. The van der Waals surface area contributed by atoms with Gasteiger partial charge < -0.3 is 10.1 Å². The first-order valence-electron chi connectivity index (χ1n) is 7.53. The Labute approximate surface area is 152 Å². The topological polar surface area (TPSA) is 51.2 Å². The zero-order valence-corrected chi connectivity index (χ0v) is 15.6. The molecule has 128 valence electrons. The highest BCUT2D eigenvalue weighted by atomic mass is 35.5. The number of aromatic nitrogens is 1. The third-order valence-corrected chi connectivity index (χ3v) is 3.81. The standard InChI is InChI=1S/C18H20Cl2N2O2/c1-11-7-12(14-8-16(20)21-10-15(14)19)5-6-13(11)9-22-17(23)24-18(2,3)4/h5-8,10H,9H2,1-4H3,(H,22,23).